The number of fused-ring (bicyclic) bond motifs is 2. The third-order valence-electron chi connectivity index (χ3n) is 11.0. The van der Waals surface area contributed by atoms with Gasteiger partial charge >= 0.3 is 5.97 Å². The Morgan fingerprint density at radius 2 is 1.65 bits per heavy atom. The third kappa shape index (κ3) is 5.88. The Kier molecular flexibility index (Phi) is 8.63. The van der Waals surface area contributed by atoms with E-state index < -0.39 is 5.97 Å². The minimum atomic E-state index is -0.905. The quantitative estimate of drug-likeness (QED) is 0.186. The van der Waals surface area contributed by atoms with E-state index in [4.69, 9.17) is 4.98 Å². The van der Waals surface area contributed by atoms with Crippen LogP contribution in [0.3, 0.4) is 0 Å². The number of rotatable bonds is 7. The molecular formula is C39H44N4O3S2. The van der Waals surface area contributed by atoms with Crippen LogP contribution in [0.15, 0.2) is 42.5 Å². The maximum atomic E-state index is 14.1. The van der Waals surface area contributed by atoms with Gasteiger partial charge in [0.15, 0.2) is 0 Å². The Bertz CT molecular complexity index is 2000. The Morgan fingerprint density at radius 1 is 0.875 bits per heavy atom. The number of aromatic carboxylic acids is 1. The fourth-order valence-electron chi connectivity index (χ4n) is 8.63. The van der Waals surface area contributed by atoms with Crippen LogP contribution in [-0.4, -0.2) is 68.6 Å². The molecule has 2 aliphatic heterocycles. The van der Waals surface area contributed by atoms with Gasteiger partial charge in [0.25, 0.3) is 0 Å². The van der Waals surface area contributed by atoms with Gasteiger partial charge in [-0.05, 0) is 113 Å². The summed E-state index contributed by atoms with van der Waals surface area (Å²) in [5.74, 6) is -0.442. The molecule has 1 aliphatic carbocycles. The number of hydrogen-bond donors (Lipinski definition) is 1. The summed E-state index contributed by atoms with van der Waals surface area (Å²) in [5, 5.41) is 11.1. The van der Waals surface area contributed by atoms with Gasteiger partial charge in [-0.2, -0.15) is 0 Å². The fourth-order valence-corrected chi connectivity index (χ4v) is 10.7. The predicted molar refractivity (Wildman–Crippen MR) is 197 cm³/mol. The Labute approximate surface area is 290 Å². The van der Waals surface area contributed by atoms with Crippen LogP contribution in [0.5, 0.6) is 0 Å². The number of benzene rings is 1. The minimum absolute atomic E-state index is 0.125. The molecule has 250 valence electrons. The number of aromatic nitrogens is 2. The SMILES string of the molecule is Cc1cc(-c2ccc3cc(-c4c(C5CCCCC5)c5sc(C(=O)O)cc5n4CC(=O)N4CCC(N5CCCC5)CC4)ccc3n2)c(C)s1. The zero-order valence-corrected chi connectivity index (χ0v) is 29.6. The van der Waals surface area contributed by atoms with Gasteiger partial charge in [-0.3, -0.25) is 4.79 Å². The molecule has 8 rings (SSSR count). The molecule has 48 heavy (non-hydrogen) atoms. The molecule has 3 aliphatic rings. The highest BCUT2D eigenvalue weighted by Gasteiger charge is 2.32. The predicted octanol–water partition coefficient (Wildman–Crippen LogP) is 9.10. The van der Waals surface area contributed by atoms with Crippen molar-refractivity contribution < 1.29 is 14.7 Å². The zero-order valence-electron chi connectivity index (χ0n) is 28.0. The summed E-state index contributed by atoms with van der Waals surface area (Å²) in [4.78, 5) is 39.0. The number of piperidine rings is 1. The van der Waals surface area contributed by atoms with Crippen molar-refractivity contribution in [2.45, 2.75) is 90.1 Å². The van der Waals surface area contributed by atoms with Crippen LogP contribution in [0, 0.1) is 13.8 Å². The number of hydrogen-bond acceptors (Lipinski definition) is 6. The van der Waals surface area contributed by atoms with E-state index in [2.05, 4.69) is 59.7 Å². The van der Waals surface area contributed by atoms with Crippen LogP contribution in [0.2, 0.25) is 0 Å². The van der Waals surface area contributed by atoms with Crippen LogP contribution in [-0.2, 0) is 11.3 Å². The van der Waals surface area contributed by atoms with Gasteiger partial charge in [-0.15, -0.1) is 22.7 Å². The molecule has 0 radical (unpaired) electrons. The summed E-state index contributed by atoms with van der Waals surface area (Å²) >= 11 is 3.18. The van der Waals surface area contributed by atoms with Crippen molar-refractivity contribution in [3.8, 4) is 22.5 Å². The topological polar surface area (TPSA) is 78.7 Å². The van der Waals surface area contributed by atoms with E-state index in [1.54, 1.807) is 11.3 Å². The van der Waals surface area contributed by atoms with Gasteiger partial charge < -0.3 is 19.5 Å². The van der Waals surface area contributed by atoms with E-state index in [1.807, 2.05) is 11.0 Å². The lowest BCUT2D eigenvalue weighted by Gasteiger charge is -2.36. The van der Waals surface area contributed by atoms with Crippen molar-refractivity contribution in [3.05, 3.63) is 62.7 Å². The van der Waals surface area contributed by atoms with Crippen molar-refractivity contribution >= 4 is 55.7 Å². The second kappa shape index (κ2) is 13.1. The number of carbonyl (C=O) groups is 2. The maximum Gasteiger partial charge on any atom is 0.345 e. The minimum Gasteiger partial charge on any atom is -0.477 e. The molecule has 3 fully saturated rings. The molecule has 4 aromatic heterocycles. The molecule has 0 unspecified atom stereocenters. The normalized spacial score (nSPS) is 18.4. The number of amides is 1. The highest BCUT2D eigenvalue weighted by Crippen LogP contribution is 2.47. The van der Waals surface area contributed by atoms with E-state index in [-0.39, 0.29) is 12.5 Å². The summed E-state index contributed by atoms with van der Waals surface area (Å²) in [6, 6.07) is 15.4. The molecular weight excluding hydrogens is 637 g/mol. The van der Waals surface area contributed by atoms with Gasteiger partial charge in [-0.25, -0.2) is 9.78 Å². The molecule has 1 amide bonds. The molecule has 5 aromatic rings. The van der Waals surface area contributed by atoms with Gasteiger partial charge in [0, 0.05) is 39.8 Å². The summed E-state index contributed by atoms with van der Waals surface area (Å²) in [6.45, 7) is 8.45. The summed E-state index contributed by atoms with van der Waals surface area (Å²) in [7, 11) is 0. The van der Waals surface area contributed by atoms with Crippen LogP contribution >= 0.6 is 22.7 Å². The number of aryl methyl sites for hydroxylation is 2. The zero-order chi connectivity index (χ0) is 32.9. The smallest absolute Gasteiger partial charge is 0.345 e. The largest absolute Gasteiger partial charge is 0.477 e. The first-order valence-electron chi connectivity index (χ1n) is 17.7. The molecule has 2 saturated heterocycles. The molecule has 1 aromatic carbocycles. The van der Waals surface area contributed by atoms with Gasteiger partial charge in [0.05, 0.1) is 27.1 Å². The summed E-state index contributed by atoms with van der Waals surface area (Å²) < 4.78 is 3.20. The lowest BCUT2D eigenvalue weighted by Crippen LogP contribution is -2.46. The average Bonchev–Trinajstić information content (AvgIpc) is 3.90. The van der Waals surface area contributed by atoms with Gasteiger partial charge in [0.1, 0.15) is 11.4 Å². The average molecular weight is 681 g/mol. The van der Waals surface area contributed by atoms with Crippen molar-refractivity contribution in [3.63, 3.8) is 0 Å². The second-order valence-electron chi connectivity index (χ2n) is 14.1. The highest BCUT2D eigenvalue weighted by atomic mass is 32.1. The first-order valence-corrected chi connectivity index (χ1v) is 19.4. The van der Waals surface area contributed by atoms with E-state index in [9.17, 15) is 14.7 Å². The molecule has 6 heterocycles. The molecule has 0 spiro atoms. The first-order chi connectivity index (χ1) is 23.3. The van der Waals surface area contributed by atoms with Crippen LogP contribution in [0.25, 0.3) is 43.6 Å². The molecule has 9 heteroatoms. The number of likely N-dealkylation sites (tertiary alicyclic amines) is 2. The standard InChI is InChI=1S/C39H44N4O3S2/c1-24-20-30(25(2)47-24)32-13-10-27-21-28(11-12-31(27)40-32)37-36(26-8-4-3-5-9-26)38-33(22-34(48-38)39(45)46)43(37)23-35(44)42-18-14-29(15-19-42)41-16-6-7-17-41/h10-13,20-22,26,29H,3-9,14-19,23H2,1-2H3,(H,45,46). The van der Waals surface area contributed by atoms with Crippen molar-refractivity contribution in [2.75, 3.05) is 26.2 Å². The monoisotopic (exact) mass is 680 g/mol. The molecule has 0 atom stereocenters. The van der Waals surface area contributed by atoms with Gasteiger partial charge in [-0.1, -0.05) is 31.4 Å². The third-order valence-corrected chi connectivity index (χ3v) is 13.2. The number of thiophene rings is 2. The van der Waals surface area contributed by atoms with E-state index in [0.717, 1.165) is 76.8 Å². The van der Waals surface area contributed by atoms with Crippen LogP contribution in [0.1, 0.15) is 88.7 Å². The van der Waals surface area contributed by atoms with Gasteiger partial charge in [0.2, 0.25) is 5.91 Å². The van der Waals surface area contributed by atoms with Crippen LogP contribution in [0.4, 0.5) is 0 Å². The van der Waals surface area contributed by atoms with Crippen molar-refractivity contribution in [2.24, 2.45) is 0 Å². The lowest BCUT2D eigenvalue weighted by atomic mass is 9.83. The Balaban J connectivity index is 1.20. The fraction of sp³-hybridized carbons (Fsp3) is 0.462. The highest BCUT2D eigenvalue weighted by molar-refractivity contribution is 7.21. The van der Waals surface area contributed by atoms with Crippen molar-refractivity contribution in [1.82, 2.24) is 19.4 Å². The maximum absolute atomic E-state index is 14.1. The van der Waals surface area contributed by atoms with E-state index in [0.29, 0.717) is 16.8 Å². The lowest BCUT2D eigenvalue weighted by molar-refractivity contribution is -0.133. The number of carboxylic acid groups (broad SMARTS) is 1. The number of carbonyl (C=O) groups excluding carboxylic acids is 1. The first kappa shape index (κ1) is 31.7. The van der Waals surface area contributed by atoms with Crippen molar-refractivity contribution in [1.29, 1.82) is 0 Å². The molecule has 7 nitrogen and oxygen atoms in total. The second-order valence-corrected chi connectivity index (χ2v) is 16.6. The Morgan fingerprint density at radius 3 is 2.35 bits per heavy atom. The number of nitrogens with zero attached hydrogens (tertiary/aromatic N) is 4. The van der Waals surface area contributed by atoms with E-state index >= 15 is 0 Å². The number of carboxylic acids is 1. The number of pyridine rings is 1. The van der Waals surface area contributed by atoms with E-state index in [1.165, 1.54) is 77.4 Å². The summed E-state index contributed by atoms with van der Waals surface area (Å²) in [5.41, 5.74) is 7.39. The molecule has 1 saturated carbocycles. The summed E-state index contributed by atoms with van der Waals surface area (Å²) in [6.07, 6.45) is 10.4. The van der Waals surface area contributed by atoms with Crippen LogP contribution < -0.4 is 0 Å². The molecule has 1 N–H and O–H groups in total. The Hall–Kier alpha value is -3.53. The molecule has 0 bridgehead atoms.